The molecular weight excluding hydrogens is 460 g/mol. The third-order valence-electron chi connectivity index (χ3n) is 5.44. The predicted molar refractivity (Wildman–Crippen MR) is 142 cm³/mol. The Hall–Kier alpha value is -3.84. The van der Waals surface area contributed by atoms with E-state index < -0.39 is 0 Å². The molecule has 0 spiro atoms. The number of benzene rings is 3. The van der Waals surface area contributed by atoms with Gasteiger partial charge in [-0.05, 0) is 86.1 Å². The van der Waals surface area contributed by atoms with Crippen molar-refractivity contribution in [2.24, 2.45) is 0 Å². The van der Waals surface area contributed by atoms with Crippen LogP contribution >= 0.6 is 12.2 Å². The van der Waals surface area contributed by atoms with Gasteiger partial charge in [0.15, 0.2) is 16.6 Å². The van der Waals surface area contributed by atoms with Crippen LogP contribution in [0.5, 0.6) is 17.2 Å². The van der Waals surface area contributed by atoms with Crippen molar-refractivity contribution in [2.75, 3.05) is 18.1 Å². The van der Waals surface area contributed by atoms with Crippen LogP contribution in [-0.4, -0.2) is 24.2 Å². The molecule has 1 aliphatic rings. The number of hydrogen-bond donors (Lipinski definition) is 1. The molecule has 1 saturated heterocycles. The van der Waals surface area contributed by atoms with E-state index in [1.54, 1.807) is 6.08 Å². The number of para-hydroxylation sites is 1. The molecule has 0 aromatic heterocycles. The van der Waals surface area contributed by atoms with Gasteiger partial charge in [-0.15, -0.1) is 0 Å². The van der Waals surface area contributed by atoms with E-state index >= 15 is 0 Å². The zero-order valence-corrected chi connectivity index (χ0v) is 20.9. The zero-order chi connectivity index (χ0) is 24.8. The zero-order valence-electron chi connectivity index (χ0n) is 20.0. The number of aryl methyl sites for hydroxylation is 1. The SMILES string of the molecule is CCOc1ccc(COc2ccc(/C=C3/NC(=S)N(c4ccccc4C)C3=O)cc2)cc1OCC. The number of hydrogen-bond acceptors (Lipinski definition) is 5. The number of rotatable bonds is 9. The van der Waals surface area contributed by atoms with E-state index in [0.29, 0.717) is 36.4 Å². The Bertz CT molecular complexity index is 1250. The van der Waals surface area contributed by atoms with Gasteiger partial charge in [-0.3, -0.25) is 9.69 Å². The summed E-state index contributed by atoms with van der Waals surface area (Å²) in [6.45, 7) is 7.38. The molecule has 4 rings (SSSR count). The van der Waals surface area contributed by atoms with Crippen LogP contribution in [0.1, 0.15) is 30.5 Å². The summed E-state index contributed by atoms with van der Waals surface area (Å²) in [7, 11) is 0. The van der Waals surface area contributed by atoms with Gasteiger partial charge in [0, 0.05) is 0 Å². The summed E-state index contributed by atoms with van der Waals surface area (Å²) >= 11 is 5.42. The van der Waals surface area contributed by atoms with E-state index in [2.05, 4.69) is 5.32 Å². The fraction of sp³-hybridized carbons (Fsp3) is 0.214. The minimum atomic E-state index is -0.176. The lowest BCUT2D eigenvalue weighted by Crippen LogP contribution is -2.30. The van der Waals surface area contributed by atoms with Gasteiger partial charge < -0.3 is 19.5 Å². The molecule has 0 unspecified atom stereocenters. The molecule has 0 atom stereocenters. The molecule has 0 radical (unpaired) electrons. The van der Waals surface area contributed by atoms with Gasteiger partial charge in [0.25, 0.3) is 5.91 Å². The highest BCUT2D eigenvalue weighted by Crippen LogP contribution is 2.29. The Kier molecular flexibility index (Phi) is 7.67. The average molecular weight is 489 g/mol. The molecule has 3 aromatic carbocycles. The molecule has 1 fully saturated rings. The smallest absolute Gasteiger partial charge is 0.281 e. The van der Waals surface area contributed by atoms with E-state index in [-0.39, 0.29) is 5.91 Å². The first-order valence-electron chi connectivity index (χ1n) is 11.5. The van der Waals surface area contributed by atoms with Crippen LogP contribution in [0.3, 0.4) is 0 Å². The summed E-state index contributed by atoms with van der Waals surface area (Å²) in [5.74, 6) is 1.99. The van der Waals surface area contributed by atoms with Crippen molar-refractivity contribution in [3.8, 4) is 17.2 Å². The van der Waals surface area contributed by atoms with Crippen LogP contribution in [0.2, 0.25) is 0 Å². The fourth-order valence-electron chi connectivity index (χ4n) is 3.75. The maximum absolute atomic E-state index is 13.0. The Morgan fingerprint density at radius 2 is 1.63 bits per heavy atom. The summed E-state index contributed by atoms with van der Waals surface area (Å²) in [4.78, 5) is 14.5. The number of anilines is 1. The Labute approximate surface area is 211 Å². The van der Waals surface area contributed by atoms with Crippen molar-refractivity contribution < 1.29 is 19.0 Å². The molecule has 0 saturated carbocycles. The second-order valence-electron chi connectivity index (χ2n) is 7.92. The van der Waals surface area contributed by atoms with Gasteiger partial charge in [0.2, 0.25) is 0 Å². The number of nitrogens with one attached hydrogen (secondary N) is 1. The molecule has 6 nitrogen and oxygen atoms in total. The first-order chi connectivity index (χ1) is 17.0. The van der Waals surface area contributed by atoms with Gasteiger partial charge >= 0.3 is 0 Å². The molecule has 3 aromatic rings. The molecule has 1 amide bonds. The van der Waals surface area contributed by atoms with Gasteiger partial charge in [0.1, 0.15) is 18.1 Å². The summed E-state index contributed by atoms with van der Waals surface area (Å²) in [6.07, 6.45) is 1.79. The number of carbonyl (C=O) groups is 1. The van der Waals surface area contributed by atoms with Crippen LogP contribution < -0.4 is 24.4 Å². The number of ether oxygens (including phenoxy) is 3. The topological polar surface area (TPSA) is 60.0 Å². The van der Waals surface area contributed by atoms with Crippen molar-refractivity contribution >= 4 is 35.0 Å². The fourth-order valence-corrected chi connectivity index (χ4v) is 4.04. The molecule has 0 bridgehead atoms. The number of thiocarbonyl (C=S) groups is 1. The summed E-state index contributed by atoms with van der Waals surface area (Å²) in [6, 6.07) is 21.0. The standard InChI is InChI=1S/C28H28N2O4S/c1-4-32-25-15-12-21(17-26(25)33-5-2)18-34-22-13-10-20(11-14-22)16-23-27(31)30(28(35)29-23)24-9-7-6-8-19(24)3/h6-17H,4-5,18H2,1-3H3,(H,29,35)/b23-16+. The quantitative estimate of drug-likeness (QED) is 0.311. The second kappa shape index (κ2) is 11.1. The van der Waals surface area contributed by atoms with Crippen molar-refractivity contribution in [1.82, 2.24) is 5.32 Å². The minimum Gasteiger partial charge on any atom is -0.490 e. The molecule has 1 aliphatic heterocycles. The lowest BCUT2D eigenvalue weighted by atomic mass is 10.1. The predicted octanol–water partition coefficient (Wildman–Crippen LogP) is 5.63. The minimum absolute atomic E-state index is 0.176. The van der Waals surface area contributed by atoms with Gasteiger partial charge in [-0.25, -0.2) is 0 Å². The van der Waals surface area contributed by atoms with E-state index in [1.807, 2.05) is 87.5 Å². The molecular formula is C28H28N2O4S. The molecule has 7 heteroatoms. The largest absolute Gasteiger partial charge is 0.490 e. The first kappa shape index (κ1) is 24.3. The summed E-state index contributed by atoms with van der Waals surface area (Å²) in [5.41, 5.74) is 4.04. The highest BCUT2D eigenvalue weighted by Gasteiger charge is 2.32. The highest BCUT2D eigenvalue weighted by atomic mass is 32.1. The number of amides is 1. The highest BCUT2D eigenvalue weighted by molar-refractivity contribution is 7.80. The second-order valence-corrected chi connectivity index (χ2v) is 8.31. The van der Waals surface area contributed by atoms with Gasteiger partial charge in [-0.1, -0.05) is 36.4 Å². The molecule has 0 aliphatic carbocycles. The molecule has 1 N–H and O–H groups in total. The van der Waals surface area contributed by atoms with Crippen molar-refractivity contribution in [2.45, 2.75) is 27.4 Å². The monoisotopic (exact) mass is 488 g/mol. The van der Waals surface area contributed by atoms with E-state index in [1.165, 1.54) is 4.90 Å². The van der Waals surface area contributed by atoms with Crippen molar-refractivity contribution in [1.29, 1.82) is 0 Å². The van der Waals surface area contributed by atoms with Crippen molar-refractivity contribution in [3.63, 3.8) is 0 Å². The maximum Gasteiger partial charge on any atom is 0.281 e. The average Bonchev–Trinajstić information content (AvgIpc) is 3.13. The van der Waals surface area contributed by atoms with E-state index in [9.17, 15) is 4.79 Å². The van der Waals surface area contributed by atoms with E-state index in [4.69, 9.17) is 26.4 Å². The number of carbonyl (C=O) groups excluding carboxylic acids is 1. The van der Waals surface area contributed by atoms with Crippen molar-refractivity contribution in [3.05, 3.63) is 89.1 Å². The van der Waals surface area contributed by atoms with Crippen LogP contribution in [-0.2, 0) is 11.4 Å². The van der Waals surface area contributed by atoms with Crippen LogP contribution in [0, 0.1) is 6.92 Å². The lowest BCUT2D eigenvalue weighted by Gasteiger charge is -2.16. The lowest BCUT2D eigenvalue weighted by molar-refractivity contribution is -0.113. The third-order valence-corrected chi connectivity index (χ3v) is 5.72. The normalized spacial score (nSPS) is 14.3. The summed E-state index contributed by atoms with van der Waals surface area (Å²) in [5, 5.41) is 3.41. The van der Waals surface area contributed by atoms with Gasteiger partial charge in [-0.2, -0.15) is 0 Å². The molecule has 35 heavy (non-hydrogen) atoms. The number of nitrogens with zero attached hydrogens (tertiary/aromatic N) is 1. The third kappa shape index (κ3) is 5.63. The van der Waals surface area contributed by atoms with Crippen LogP contribution in [0.25, 0.3) is 6.08 Å². The maximum atomic E-state index is 13.0. The Balaban J connectivity index is 1.42. The molecule has 1 heterocycles. The summed E-state index contributed by atoms with van der Waals surface area (Å²) < 4.78 is 17.2. The van der Waals surface area contributed by atoms with Crippen LogP contribution in [0.4, 0.5) is 5.69 Å². The first-order valence-corrected chi connectivity index (χ1v) is 11.9. The molecule has 180 valence electrons. The van der Waals surface area contributed by atoms with Crippen LogP contribution in [0.15, 0.2) is 72.4 Å². The van der Waals surface area contributed by atoms with Gasteiger partial charge in [0.05, 0.1) is 18.9 Å². The Morgan fingerprint density at radius 1 is 0.914 bits per heavy atom. The Morgan fingerprint density at radius 3 is 2.34 bits per heavy atom. The van der Waals surface area contributed by atoms with E-state index in [0.717, 1.165) is 33.9 Å².